The summed E-state index contributed by atoms with van der Waals surface area (Å²) >= 11 is 1.50. The van der Waals surface area contributed by atoms with Crippen molar-refractivity contribution in [3.05, 3.63) is 107 Å². The highest BCUT2D eigenvalue weighted by Gasteiger charge is 2.11. The lowest BCUT2D eigenvalue weighted by Gasteiger charge is -2.10. The van der Waals surface area contributed by atoms with E-state index >= 15 is 0 Å². The molecular formula is C28H24N2O4S. The van der Waals surface area contributed by atoms with E-state index in [1.807, 2.05) is 38.1 Å². The Labute approximate surface area is 207 Å². The third kappa shape index (κ3) is 6.02. The van der Waals surface area contributed by atoms with E-state index in [0.29, 0.717) is 22.5 Å². The zero-order valence-corrected chi connectivity index (χ0v) is 20.0. The summed E-state index contributed by atoms with van der Waals surface area (Å²) in [6.45, 7) is 3.77. The van der Waals surface area contributed by atoms with Gasteiger partial charge < -0.3 is 20.8 Å². The average molecular weight is 485 g/mol. The monoisotopic (exact) mass is 484 g/mol. The van der Waals surface area contributed by atoms with Crippen molar-refractivity contribution >= 4 is 35.0 Å². The Balaban J connectivity index is 1.38. The molecule has 0 aromatic heterocycles. The fraction of sp³-hybridized carbons (Fsp3) is 0.0714. The van der Waals surface area contributed by atoms with Gasteiger partial charge in [0.25, 0.3) is 11.8 Å². The molecule has 0 fully saturated rings. The van der Waals surface area contributed by atoms with Crippen LogP contribution >= 0.6 is 11.8 Å². The van der Waals surface area contributed by atoms with Crippen LogP contribution < -0.4 is 10.6 Å². The van der Waals surface area contributed by atoms with Crippen molar-refractivity contribution in [3.8, 4) is 11.5 Å². The van der Waals surface area contributed by atoms with Crippen LogP contribution in [-0.4, -0.2) is 22.0 Å². The standard InChI is InChI=1S/C28H24N2O4S/c1-17-3-13-25(31)23(15-17)29-27(33)19-5-9-21(10-6-19)35-22-11-7-20(8-12-22)28(34)30-24-16-18(2)4-14-26(24)32/h3-16,31-32H,1-2H3,(H,29,33)(H,30,34). The molecule has 0 unspecified atom stereocenters. The van der Waals surface area contributed by atoms with Crippen molar-refractivity contribution in [1.29, 1.82) is 0 Å². The molecule has 35 heavy (non-hydrogen) atoms. The van der Waals surface area contributed by atoms with Crippen molar-refractivity contribution in [2.45, 2.75) is 23.6 Å². The number of carbonyl (C=O) groups excluding carboxylic acids is 2. The van der Waals surface area contributed by atoms with Crippen molar-refractivity contribution in [1.82, 2.24) is 0 Å². The van der Waals surface area contributed by atoms with Crippen LogP contribution in [0, 0.1) is 13.8 Å². The largest absolute Gasteiger partial charge is 0.506 e. The van der Waals surface area contributed by atoms with E-state index in [-0.39, 0.29) is 23.3 Å². The van der Waals surface area contributed by atoms with Gasteiger partial charge in [-0.1, -0.05) is 23.9 Å². The lowest BCUT2D eigenvalue weighted by molar-refractivity contribution is 0.101. The number of hydrogen-bond donors (Lipinski definition) is 4. The van der Waals surface area contributed by atoms with Crippen LogP contribution in [0.5, 0.6) is 11.5 Å². The number of aromatic hydroxyl groups is 2. The van der Waals surface area contributed by atoms with Gasteiger partial charge in [-0.05, 0) is 97.8 Å². The van der Waals surface area contributed by atoms with Crippen LogP contribution in [0.2, 0.25) is 0 Å². The summed E-state index contributed by atoms with van der Waals surface area (Å²) in [5, 5.41) is 25.3. The van der Waals surface area contributed by atoms with Crippen LogP contribution in [0.3, 0.4) is 0 Å². The fourth-order valence-corrected chi connectivity index (χ4v) is 4.19. The first-order valence-electron chi connectivity index (χ1n) is 10.9. The second kappa shape index (κ2) is 10.4. The highest BCUT2D eigenvalue weighted by molar-refractivity contribution is 7.99. The van der Waals surface area contributed by atoms with Gasteiger partial charge in [-0.3, -0.25) is 9.59 Å². The summed E-state index contributed by atoms with van der Waals surface area (Å²) in [7, 11) is 0. The molecule has 4 N–H and O–H groups in total. The van der Waals surface area contributed by atoms with E-state index in [0.717, 1.165) is 20.9 Å². The Morgan fingerprint density at radius 3 is 1.34 bits per heavy atom. The quantitative estimate of drug-likeness (QED) is 0.238. The topological polar surface area (TPSA) is 98.7 Å². The Kier molecular flexibility index (Phi) is 7.08. The minimum Gasteiger partial charge on any atom is -0.506 e. The van der Waals surface area contributed by atoms with Crippen molar-refractivity contribution < 1.29 is 19.8 Å². The Hall–Kier alpha value is -4.23. The van der Waals surface area contributed by atoms with Gasteiger partial charge in [0.2, 0.25) is 0 Å². The number of carbonyl (C=O) groups is 2. The Bertz CT molecular complexity index is 1280. The van der Waals surface area contributed by atoms with Crippen LogP contribution in [0.15, 0.2) is 94.7 Å². The highest BCUT2D eigenvalue weighted by atomic mass is 32.2. The second-order valence-corrected chi connectivity index (χ2v) is 9.25. The van der Waals surface area contributed by atoms with Gasteiger partial charge in [-0.25, -0.2) is 0 Å². The third-order valence-corrected chi connectivity index (χ3v) is 6.28. The van der Waals surface area contributed by atoms with Gasteiger partial charge in [-0.15, -0.1) is 0 Å². The minimum absolute atomic E-state index is 0.0175. The maximum absolute atomic E-state index is 12.5. The molecule has 0 aliphatic carbocycles. The van der Waals surface area contributed by atoms with Crippen molar-refractivity contribution in [2.24, 2.45) is 0 Å². The summed E-state index contributed by atoms with van der Waals surface area (Å²) in [6, 6.07) is 24.3. The van der Waals surface area contributed by atoms with Crippen molar-refractivity contribution in [2.75, 3.05) is 10.6 Å². The number of rotatable bonds is 6. The predicted molar refractivity (Wildman–Crippen MR) is 139 cm³/mol. The number of phenols is 2. The van der Waals surface area contributed by atoms with Gasteiger partial charge in [0.05, 0.1) is 11.4 Å². The molecule has 176 valence electrons. The first-order chi connectivity index (χ1) is 16.8. The number of phenolic OH excluding ortho intramolecular Hbond substituents is 2. The smallest absolute Gasteiger partial charge is 0.255 e. The molecule has 4 rings (SSSR count). The molecule has 0 spiro atoms. The van der Waals surface area contributed by atoms with Crippen LogP contribution in [0.25, 0.3) is 0 Å². The van der Waals surface area contributed by atoms with Gasteiger partial charge >= 0.3 is 0 Å². The van der Waals surface area contributed by atoms with E-state index in [9.17, 15) is 19.8 Å². The lowest BCUT2D eigenvalue weighted by atomic mass is 10.1. The van der Waals surface area contributed by atoms with Crippen LogP contribution in [-0.2, 0) is 0 Å². The summed E-state index contributed by atoms with van der Waals surface area (Å²) < 4.78 is 0. The van der Waals surface area contributed by atoms with Gasteiger partial charge in [0, 0.05) is 20.9 Å². The summed E-state index contributed by atoms with van der Waals surface area (Å²) in [5.74, 6) is -0.581. The fourth-order valence-electron chi connectivity index (χ4n) is 3.37. The summed E-state index contributed by atoms with van der Waals surface area (Å²) in [5.41, 5.74) is 3.55. The maximum atomic E-state index is 12.5. The van der Waals surface area contributed by atoms with E-state index in [2.05, 4.69) is 10.6 Å². The zero-order valence-electron chi connectivity index (χ0n) is 19.2. The molecule has 0 atom stereocenters. The number of aryl methyl sites for hydroxylation is 2. The number of hydrogen-bond acceptors (Lipinski definition) is 5. The molecule has 0 saturated heterocycles. The first kappa shape index (κ1) is 23.9. The second-order valence-electron chi connectivity index (χ2n) is 8.10. The predicted octanol–water partition coefficient (Wildman–Crippen LogP) is 6.37. The number of amides is 2. The van der Waals surface area contributed by atoms with Crippen molar-refractivity contribution in [3.63, 3.8) is 0 Å². The van der Waals surface area contributed by atoms with E-state index in [1.165, 1.54) is 11.8 Å². The molecule has 0 aliphatic heterocycles. The lowest BCUT2D eigenvalue weighted by Crippen LogP contribution is -2.12. The average Bonchev–Trinajstić information content (AvgIpc) is 2.84. The molecule has 0 saturated carbocycles. The van der Waals surface area contributed by atoms with Gasteiger partial charge in [-0.2, -0.15) is 0 Å². The van der Waals surface area contributed by atoms with E-state index < -0.39 is 0 Å². The highest BCUT2D eigenvalue weighted by Crippen LogP contribution is 2.30. The molecule has 0 radical (unpaired) electrons. The van der Waals surface area contributed by atoms with Gasteiger partial charge in [0.1, 0.15) is 11.5 Å². The SMILES string of the molecule is Cc1ccc(O)c(NC(=O)c2ccc(Sc3ccc(C(=O)Nc4cc(C)ccc4O)cc3)cc2)c1. The van der Waals surface area contributed by atoms with Crippen LogP contribution in [0.1, 0.15) is 31.8 Å². The van der Waals surface area contributed by atoms with Crippen LogP contribution in [0.4, 0.5) is 11.4 Å². The molecule has 0 bridgehead atoms. The third-order valence-electron chi connectivity index (χ3n) is 5.27. The molecule has 0 aliphatic rings. The van der Waals surface area contributed by atoms with Gasteiger partial charge in [0.15, 0.2) is 0 Å². The van der Waals surface area contributed by atoms with E-state index in [1.54, 1.807) is 60.7 Å². The summed E-state index contributed by atoms with van der Waals surface area (Å²) in [6.07, 6.45) is 0. The van der Waals surface area contributed by atoms with E-state index in [4.69, 9.17) is 0 Å². The Morgan fingerprint density at radius 1 is 0.600 bits per heavy atom. The summed E-state index contributed by atoms with van der Waals surface area (Å²) in [4.78, 5) is 26.9. The molecule has 4 aromatic rings. The number of nitrogens with one attached hydrogen (secondary N) is 2. The normalized spacial score (nSPS) is 10.6. The minimum atomic E-state index is -0.308. The zero-order chi connectivity index (χ0) is 24.9. The molecule has 6 nitrogen and oxygen atoms in total. The Morgan fingerprint density at radius 2 is 0.971 bits per heavy atom. The maximum Gasteiger partial charge on any atom is 0.255 e. The number of benzene rings is 4. The molecule has 2 amide bonds. The molecule has 4 aromatic carbocycles. The first-order valence-corrected chi connectivity index (χ1v) is 11.7. The number of anilines is 2. The molecule has 0 heterocycles. The molecular weight excluding hydrogens is 460 g/mol. The molecule has 7 heteroatoms.